The lowest BCUT2D eigenvalue weighted by atomic mass is 9.94. The maximum Gasteiger partial charge on any atom is 0.257 e. The first-order valence-corrected chi connectivity index (χ1v) is 14.9. The zero-order valence-electron chi connectivity index (χ0n) is 24.4. The minimum Gasteiger partial charge on any atom is -0.493 e. The quantitative estimate of drug-likeness (QED) is 0.348. The molecule has 0 radical (unpaired) electrons. The first kappa shape index (κ1) is 27.2. The largest absolute Gasteiger partial charge is 0.493 e. The summed E-state index contributed by atoms with van der Waals surface area (Å²) < 4.78 is 17.8. The first-order chi connectivity index (χ1) is 21.0. The Bertz CT molecular complexity index is 1660. The summed E-state index contributed by atoms with van der Waals surface area (Å²) in [5, 5.41) is 0. The predicted octanol–water partition coefficient (Wildman–Crippen LogP) is 5.46. The van der Waals surface area contributed by atoms with E-state index < -0.39 is 0 Å². The molecule has 4 aliphatic rings. The summed E-state index contributed by atoms with van der Waals surface area (Å²) in [6.07, 6.45) is 7.08. The second kappa shape index (κ2) is 11.2. The van der Waals surface area contributed by atoms with Crippen LogP contribution in [0.15, 0.2) is 58.5 Å². The number of aliphatic imine (C=N–C) groups is 2. The summed E-state index contributed by atoms with van der Waals surface area (Å²) in [6, 6.07) is 15.5. The number of hydrogen-bond donors (Lipinski definition) is 0. The molecule has 0 spiro atoms. The molecule has 2 atom stereocenters. The lowest BCUT2D eigenvalue weighted by molar-refractivity contribution is 0.0702. The molecule has 3 aromatic rings. The third-order valence-electron chi connectivity index (χ3n) is 8.72. The molecule has 43 heavy (non-hydrogen) atoms. The molecule has 2 amide bonds. The van der Waals surface area contributed by atoms with Crippen molar-refractivity contribution in [3.8, 4) is 17.2 Å². The molecule has 0 saturated carbocycles. The Hall–Kier alpha value is -4.66. The second-order valence-electron chi connectivity index (χ2n) is 11.4. The molecule has 0 N–H and O–H groups in total. The molecule has 9 nitrogen and oxygen atoms in total. The Labute approximate surface area is 250 Å². The average Bonchev–Trinajstić information content (AvgIpc) is 3.41. The molecule has 0 aliphatic carbocycles. The molecular weight excluding hydrogens is 544 g/mol. The van der Waals surface area contributed by atoms with Crippen molar-refractivity contribution < 1.29 is 23.8 Å². The number of carbonyl (C=O) groups excluding carboxylic acids is 2. The van der Waals surface area contributed by atoms with Gasteiger partial charge in [-0.25, -0.2) is 0 Å². The summed E-state index contributed by atoms with van der Waals surface area (Å²) in [5.41, 5.74) is 5.68. The van der Waals surface area contributed by atoms with Crippen molar-refractivity contribution in [3.63, 3.8) is 0 Å². The number of nitrogens with zero attached hydrogens (tertiary/aromatic N) is 4. The summed E-state index contributed by atoms with van der Waals surface area (Å²) in [4.78, 5) is 39.8. The third kappa shape index (κ3) is 5.02. The Kier molecular flexibility index (Phi) is 7.08. The van der Waals surface area contributed by atoms with E-state index in [2.05, 4.69) is 17.1 Å². The van der Waals surface area contributed by atoms with Gasteiger partial charge in [-0.05, 0) is 55.0 Å². The van der Waals surface area contributed by atoms with Crippen LogP contribution in [0.4, 0.5) is 11.4 Å². The van der Waals surface area contributed by atoms with E-state index in [1.807, 2.05) is 53.4 Å². The van der Waals surface area contributed by atoms with Gasteiger partial charge in [0.25, 0.3) is 11.8 Å². The molecule has 220 valence electrons. The normalized spacial score (nSPS) is 20.0. The van der Waals surface area contributed by atoms with Crippen molar-refractivity contribution in [2.45, 2.75) is 51.2 Å². The van der Waals surface area contributed by atoms with E-state index in [4.69, 9.17) is 19.2 Å². The molecule has 0 bridgehead atoms. The van der Waals surface area contributed by atoms with Gasteiger partial charge in [-0.3, -0.25) is 19.6 Å². The van der Waals surface area contributed by atoms with E-state index >= 15 is 0 Å². The number of methoxy groups -OCH3 is 1. The second-order valence-corrected chi connectivity index (χ2v) is 11.4. The standard InChI is InChI=1S/C34H34N4O5/c1-21-13-26-28(35-18-24-9-5-10-37(24)33(26)39)16-30(21)42-11-6-12-43-32-17-29-27(15-31(32)41-2)34(40)38-20-23-8-4-3-7-22(23)14-25(38)19-36-29/h3-4,7-8,13,15-19,24-25H,5-6,9-12,14,20H2,1-2H3/t24-,25?/m0/s1. The number of amides is 2. The van der Waals surface area contributed by atoms with Gasteiger partial charge < -0.3 is 24.0 Å². The molecule has 9 heteroatoms. The highest BCUT2D eigenvalue weighted by molar-refractivity contribution is 6.04. The average molecular weight is 579 g/mol. The fraction of sp³-hybridized carbons (Fsp3) is 0.353. The number of hydrogen-bond acceptors (Lipinski definition) is 7. The zero-order chi connectivity index (χ0) is 29.5. The minimum absolute atomic E-state index is 0.0415. The lowest BCUT2D eigenvalue weighted by Crippen LogP contribution is -2.44. The molecule has 4 aliphatic heterocycles. The molecular formula is C34H34N4O5. The number of ether oxygens (including phenoxy) is 3. The smallest absolute Gasteiger partial charge is 0.257 e. The van der Waals surface area contributed by atoms with Gasteiger partial charge in [-0.2, -0.15) is 0 Å². The maximum absolute atomic E-state index is 13.6. The Morgan fingerprint density at radius 1 is 0.814 bits per heavy atom. The highest BCUT2D eigenvalue weighted by atomic mass is 16.5. The van der Waals surface area contributed by atoms with Gasteiger partial charge in [0, 0.05) is 44.1 Å². The molecule has 1 saturated heterocycles. The number of benzene rings is 3. The van der Waals surface area contributed by atoms with Gasteiger partial charge in [-0.1, -0.05) is 24.3 Å². The van der Waals surface area contributed by atoms with Crippen molar-refractivity contribution in [3.05, 3.63) is 76.3 Å². The number of fused-ring (bicyclic) bond motifs is 5. The van der Waals surface area contributed by atoms with E-state index in [-0.39, 0.29) is 23.9 Å². The van der Waals surface area contributed by atoms with Gasteiger partial charge in [-0.15, -0.1) is 0 Å². The van der Waals surface area contributed by atoms with Gasteiger partial charge in [0.2, 0.25) is 0 Å². The van der Waals surface area contributed by atoms with Crippen LogP contribution in [0.5, 0.6) is 17.2 Å². The fourth-order valence-electron chi connectivity index (χ4n) is 6.38. The van der Waals surface area contributed by atoms with E-state index in [1.54, 1.807) is 19.2 Å². The monoisotopic (exact) mass is 578 g/mol. The first-order valence-electron chi connectivity index (χ1n) is 14.9. The van der Waals surface area contributed by atoms with Crippen molar-refractivity contribution in [2.24, 2.45) is 9.98 Å². The van der Waals surface area contributed by atoms with Crippen LogP contribution >= 0.6 is 0 Å². The molecule has 1 fully saturated rings. The number of rotatable bonds is 7. The lowest BCUT2D eigenvalue weighted by Gasteiger charge is -2.34. The van der Waals surface area contributed by atoms with Crippen LogP contribution in [0, 0.1) is 6.92 Å². The van der Waals surface area contributed by atoms with Gasteiger partial charge in [0.05, 0.1) is 54.9 Å². The Morgan fingerprint density at radius 3 is 2.28 bits per heavy atom. The van der Waals surface area contributed by atoms with Crippen LogP contribution < -0.4 is 14.2 Å². The zero-order valence-corrected chi connectivity index (χ0v) is 24.4. The summed E-state index contributed by atoms with van der Waals surface area (Å²) >= 11 is 0. The molecule has 4 heterocycles. The van der Waals surface area contributed by atoms with E-state index in [0.29, 0.717) is 65.9 Å². The maximum atomic E-state index is 13.6. The van der Waals surface area contributed by atoms with Crippen LogP contribution in [0.25, 0.3) is 0 Å². The minimum atomic E-state index is -0.0975. The fourth-order valence-corrected chi connectivity index (χ4v) is 6.38. The van der Waals surface area contributed by atoms with Crippen molar-refractivity contribution in [1.82, 2.24) is 9.80 Å². The highest BCUT2D eigenvalue weighted by Gasteiger charge is 2.34. The van der Waals surface area contributed by atoms with Crippen LogP contribution in [0.2, 0.25) is 0 Å². The van der Waals surface area contributed by atoms with Gasteiger partial charge >= 0.3 is 0 Å². The van der Waals surface area contributed by atoms with Crippen LogP contribution in [-0.4, -0.2) is 73.0 Å². The molecule has 1 unspecified atom stereocenters. The van der Waals surface area contributed by atoms with Gasteiger partial charge in [0.15, 0.2) is 11.5 Å². The Balaban J connectivity index is 1.01. The summed E-state index contributed by atoms with van der Waals surface area (Å²) in [7, 11) is 1.57. The van der Waals surface area contributed by atoms with Gasteiger partial charge in [0.1, 0.15) is 5.75 Å². The van der Waals surface area contributed by atoms with Crippen molar-refractivity contribution >= 4 is 35.6 Å². The van der Waals surface area contributed by atoms with E-state index in [0.717, 1.165) is 31.4 Å². The predicted molar refractivity (Wildman–Crippen MR) is 164 cm³/mol. The van der Waals surface area contributed by atoms with E-state index in [9.17, 15) is 9.59 Å². The van der Waals surface area contributed by atoms with Crippen LogP contribution in [-0.2, 0) is 13.0 Å². The summed E-state index contributed by atoms with van der Waals surface area (Å²) in [6.45, 7) is 4.08. The molecule has 0 aromatic heterocycles. The van der Waals surface area contributed by atoms with Crippen molar-refractivity contribution in [1.29, 1.82) is 0 Å². The highest BCUT2D eigenvalue weighted by Crippen LogP contribution is 2.39. The van der Waals surface area contributed by atoms with Crippen LogP contribution in [0.3, 0.4) is 0 Å². The molecule has 7 rings (SSSR count). The number of carbonyl (C=O) groups is 2. The van der Waals surface area contributed by atoms with E-state index in [1.165, 1.54) is 11.1 Å². The van der Waals surface area contributed by atoms with Crippen molar-refractivity contribution in [2.75, 3.05) is 26.9 Å². The molecule has 3 aromatic carbocycles. The summed E-state index contributed by atoms with van der Waals surface area (Å²) in [5.74, 6) is 1.71. The Morgan fingerprint density at radius 2 is 1.49 bits per heavy atom. The SMILES string of the molecule is COc1cc2c(cc1OCCCOc1cc3c(cc1C)C(=O)N1CCC[C@H]1C=N3)N=CC1Cc3ccccc3CN1C2=O. The van der Waals surface area contributed by atoms with Crippen LogP contribution in [0.1, 0.15) is 56.7 Å². The number of aryl methyl sites for hydroxylation is 1. The third-order valence-corrected chi connectivity index (χ3v) is 8.72. The topological polar surface area (TPSA) is 93.0 Å².